The van der Waals surface area contributed by atoms with Gasteiger partial charge in [-0.05, 0) is 60.2 Å². The number of aromatic carboxylic acids is 1. The summed E-state index contributed by atoms with van der Waals surface area (Å²) < 4.78 is 0. The summed E-state index contributed by atoms with van der Waals surface area (Å²) in [6.07, 6.45) is 2.61. The monoisotopic (exact) mass is 405 g/mol. The van der Waals surface area contributed by atoms with Crippen LogP contribution in [0.4, 0.5) is 5.69 Å². The normalized spacial score (nSPS) is 17.9. The Kier molecular flexibility index (Phi) is 7.50. The Morgan fingerprint density at radius 2 is 2.11 bits per heavy atom. The minimum Gasteiger partial charge on any atom is -0.477 e. The number of hydrogen-bond acceptors (Lipinski definition) is 5. The molecule has 2 rings (SSSR count). The quantitative estimate of drug-likeness (QED) is 0.711. The van der Waals surface area contributed by atoms with E-state index in [9.17, 15) is 14.7 Å². The molecule has 1 aliphatic heterocycles. The van der Waals surface area contributed by atoms with Gasteiger partial charge in [0.15, 0.2) is 0 Å². The van der Waals surface area contributed by atoms with Crippen LogP contribution in [0.5, 0.6) is 0 Å². The van der Waals surface area contributed by atoms with Crippen LogP contribution in [0.3, 0.4) is 0 Å². The maximum absolute atomic E-state index is 13.0. The molecule has 28 heavy (non-hydrogen) atoms. The van der Waals surface area contributed by atoms with Gasteiger partial charge in [0.1, 0.15) is 10.9 Å². The van der Waals surface area contributed by atoms with Gasteiger partial charge >= 0.3 is 5.97 Å². The Morgan fingerprint density at radius 3 is 2.71 bits per heavy atom. The molecular weight excluding hydrogens is 374 g/mol. The van der Waals surface area contributed by atoms with Crippen molar-refractivity contribution in [2.75, 3.05) is 39.0 Å². The summed E-state index contributed by atoms with van der Waals surface area (Å²) in [5, 5.41) is 12.8. The van der Waals surface area contributed by atoms with Crippen molar-refractivity contribution in [1.82, 2.24) is 9.80 Å². The average Bonchev–Trinajstić information content (AvgIpc) is 2.91. The molecule has 2 N–H and O–H groups in total. The third-order valence-corrected chi connectivity index (χ3v) is 5.45. The van der Waals surface area contributed by atoms with Gasteiger partial charge in [-0.15, -0.1) is 11.3 Å². The molecule has 1 aromatic rings. The van der Waals surface area contributed by atoms with Gasteiger partial charge in [-0.2, -0.15) is 0 Å². The number of rotatable bonds is 6. The van der Waals surface area contributed by atoms with Crippen LogP contribution in [0.15, 0.2) is 6.07 Å². The summed E-state index contributed by atoms with van der Waals surface area (Å²) >= 11 is 1.15. The highest BCUT2D eigenvalue weighted by atomic mass is 32.1. The maximum Gasteiger partial charge on any atom is 0.348 e. The summed E-state index contributed by atoms with van der Waals surface area (Å²) in [5.74, 6) is 5.25. The van der Waals surface area contributed by atoms with Crippen LogP contribution >= 0.6 is 11.3 Å². The molecule has 1 unspecified atom stereocenters. The Bertz CT molecular complexity index is 768. The van der Waals surface area contributed by atoms with Crippen molar-refractivity contribution in [3.63, 3.8) is 0 Å². The molecule has 1 amide bonds. The topological polar surface area (TPSA) is 72.9 Å². The summed E-state index contributed by atoms with van der Waals surface area (Å²) in [6.45, 7) is 8.28. The van der Waals surface area contributed by atoms with E-state index in [1.807, 2.05) is 39.8 Å². The number of thiophene rings is 1. The number of hydrogen-bond donors (Lipinski definition) is 2. The van der Waals surface area contributed by atoms with Crippen molar-refractivity contribution in [3.05, 3.63) is 15.8 Å². The number of likely N-dealkylation sites (tertiary alicyclic amines) is 1. The predicted molar refractivity (Wildman–Crippen MR) is 114 cm³/mol. The van der Waals surface area contributed by atoms with Crippen molar-refractivity contribution in [2.45, 2.75) is 46.1 Å². The lowest BCUT2D eigenvalue weighted by molar-refractivity contribution is -0.131. The highest BCUT2D eigenvalue weighted by Crippen LogP contribution is 2.29. The van der Waals surface area contributed by atoms with Gasteiger partial charge in [0.2, 0.25) is 5.91 Å². The number of nitrogens with one attached hydrogen (secondary N) is 1. The number of carboxylic acid groups (broad SMARTS) is 1. The first-order valence-corrected chi connectivity index (χ1v) is 10.5. The molecule has 0 aliphatic carbocycles. The van der Waals surface area contributed by atoms with Gasteiger partial charge < -0.3 is 20.2 Å². The number of anilines is 1. The second-order valence-corrected chi connectivity index (χ2v) is 9.53. The Balaban J connectivity index is 2.21. The van der Waals surface area contributed by atoms with Crippen LogP contribution in [0.2, 0.25) is 0 Å². The van der Waals surface area contributed by atoms with Gasteiger partial charge in [0, 0.05) is 25.0 Å². The minimum absolute atomic E-state index is 0.0456. The molecular formula is C21H31N3O3S. The van der Waals surface area contributed by atoms with E-state index in [0.717, 1.165) is 37.3 Å². The van der Waals surface area contributed by atoms with E-state index in [1.165, 1.54) is 0 Å². The van der Waals surface area contributed by atoms with Crippen LogP contribution < -0.4 is 5.32 Å². The van der Waals surface area contributed by atoms with E-state index >= 15 is 0 Å². The molecule has 7 heteroatoms. The zero-order chi connectivity index (χ0) is 20.9. The smallest absolute Gasteiger partial charge is 0.348 e. The molecule has 0 spiro atoms. The average molecular weight is 406 g/mol. The van der Waals surface area contributed by atoms with Crippen LogP contribution in [0.25, 0.3) is 0 Å². The SMILES string of the molecule is CN(C)CCN1CCCCC(Nc2cc(C#CC(C)(C)C)sc2C(=O)O)C1=O. The van der Waals surface area contributed by atoms with Gasteiger partial charge in [-0.3, -0.25) is 4.79 Å². The molecule has 1 fully saturated rings. The second kappa shape index (κ2) is 9.44. The number of carbonyl (C=O) groups excluding carboxylic acids is 1. The first kappa shape index (κ1) is 22.3. The second-order valence-electron chi connectivity index (χ2n) is 8.48. The van der Waals surface area contributed by atoms with E-state index in [1.54, 1.807) is 6.07 Å². The molecule has 1 aromatic heterocycles. The van der Waals surface area contributed by atoms with Crippen molar-refractivity contribution >= 4 is 28.9 Å². The summed E-state index contributed by atoms with van der Waals surface area (Å²) in [4.78, 5) is 29.5. The first-order chi connectivity index (χ1) is 13.1. The minimum atomic E-state index is -0.998. The number of likely N-dealkylation sites (N-methyl/N-ethyl adjacent to an activating group) is 1. The molecule has 0 bridgehead atoms. The third kappa shape index (κ3) is 6.54. The van der Waals surface area contributed by atoms with Gasteiger partial charge in [0.25, 0.3) is 0 Å². The van der Waals surface area contributed by atoms with Crippen molar-refractivity contribution in [3.8, 4) is 11.8 Å². The number of nitrogens with zero attached hydrogens (tertiary/aromatic N) is 2. The fourth-order valence-corrected chi connectivity index (χ4v) is 3.75. The van der Waals surface area contributed by atoms with E-state index < -0.39 is 12.0 Å². The summed E-state index contributed by atoms with van der Waals surface area (Å²) in [6, 6.07) is 1.36. The number of amides is 1. The fourth-order valence-electron chi connectivity index (χ4n) is 2.94. The molecule has 1 saturated heterocycles. The molecule has 154 valence electrons. The van der Waals surface area contributed by atoms with Gasteiger partial charge in [-0.1, -0.05) is 11.8 Å². The molecule has 0 saturated carbocycles. The highest BCUT2D eigenvalue weighted by molar-refractivity contribution is 7.15. The fraction of sp³-hybridized carbons (Fsp3) is 0.619. The van der Waals surface area contributed by atoms with Crippen LogP contribution in [-0.2, 0) is 4.79 Å². The molecule has 0 radical (unpaired) electrons. The number of carboxylic acids is 1. The zero-order valence-corrected chi connectivity index (χ0v) is 18.3. The van der Waals surface area contributed by atoms with Crippen molar-refractivity contribution in [2.24, 2.45) is 5.41 Å². The highest BCUT2D eigenvalue weighted by Gasteiger charge is 2.28. The standard InChI is InChI=1S/C21H31N3O3S/c1-21(2,3)10-9-15-14-17(18(28-15)20(26)27)22-16-8-6-7-11-24(19(16)25)13-12-23(4)5/h14,16,22H,6-8,11-13H2,1-5H3,(H,26,27). The largest absolute Gasteiger partial charge is 0.477 e. The summed E-state index contributed by atoms with van der Waals surface area (Å²) in [7, 11) is 3.98. The zero-order valence-electron chi connectivity index (χ0n) is 17.5. The van der Waals surface area contributed by atoms with Crippen LogP contribution in [-0.4, -0.2) is 66.6 Å². The Labute approximate surface area is 171 Å². The molecule has 1 aliphatic rings. The molecule has 1 atom stereocenters. The maximum atomic E-state index is 13.0. The van der Waals surface area contributed by atoms with Crippen molar-refractivity contribution in [1.29, 1.82) is 0 Å². The predicted octanol–water partition coefficient (Wildman–Crippen LogP) is 3.20. The van der Waals surface area contributed by atoms with Gasteiger partial charge in [-0.25, -0.2) is 4.79 Å². The lowest BCUT2D eigenvalue weighted by Crippen LogP contribution is -2.44. The number of carbonyl (C=O) groups is 2. The molecule has 0 aromatic carbocycles. The van der Waals surface area contributed by atoms with Crippen LogP contribution in [0, 0.1) is 17.3 Å². The third-order valence-electron chi connectivity index (χ3n) is 4.41. The molecule has 6 nitrogen and oxygen atoms in total. The van der Waals surface area contributed by atoms with E-state index in [2.05, 4.69) is 22.1 Å². The first-order valence-electron chi connectivity index (χ1n) is 9.67. The van der Waals surface area contributed by atoms with Crippen LogP contribution in [0.1, 0.15) is 54.6 Å². The lowest BCUT2D eigenvalue weighted by Gasteiger charge is -2.26. The van der Waals surface area contributed by atoms with Crippen molar-refractivity contribution < 1.29 is 14.7 Å². The van der Waals surface area contributed by atoms with E-state index in [0.29, 0.717) is 23.5 Å². The lowest BCUT2D eigenvalue weighted by atomic mass is 9.98. The Morgan fingerprint density at radius 1 is 1.39 bits per heavy atom. The van der Waals surface area contributed by atoms with E-state index in [-0.39, 0.29) is 16.2 Å². The summed E-state index contributed by atoms with van der Waals surface area (Å²) in [5.41, 5.74) is 0.328. The molecule has 2 heterocycles. The van der Waals surface area contributed by atoms with Gasteiger partial charge in [0.05, 0.1) is 10.6 Å². The van der Waals surface area contributed by atoms with E-state index in [4.69, 9.17) is 0 Å². The Hall–Kier alpha value is -2.04.